The Bertz CT molecular complexity index is 1130. The van der Waals surface area contributed by atoms with Crippen LogP contribution in [0.4, 0.5) is 5.69 Å². The first-order valence-corrected chi connectivity index (χ1v) is 10.0. The lowest BCUT2D eigenvalue weighted by atomic mass is 9.95. The van der Waals surface area contributed by atoms with E-state index in [1.54, 1.807) is 66.7 Å². The molecule has 0 aliphatic carbocycles. The number of rotatable bonds is 3. The molecule has 4 rings (SSSR count). The van der Waals surface area contributed by atoms with Crippen molar-refractivity contribution in [3.8, 4) is 0 Å². The Labute approximate surface area is 181 Å². The molecular weight excluding hydrogens is 454 g/mol. The highest BCUT2D eigenvalue weighted by molar-refractivity contribution is 9.10. The number of Topliss-reactive ketones (excluding diaryl/α,β-unsaturated/α-hetero) is 1. The molecule has 6 heteroatoms. The molecule has 1 aliphatic rings. The summed E-state index contributed by atoms with van der Waals surface area (Å²) < 4.78 is 0.773. The fourth-order valence-corrected chi connectivity index (χ4v) is 3.95. The zero-order valence-electron chi connectivity index (χ0n) is 15.0. The Hall–Kier alpha value is -2.89. The predicted molar refractivity (Wildman–Crippen MR) is 117 cm³/mol. The monoisotopic (exact) mass is 467 g/mol. The van der Waals surface area contributed by atoms with Gasteiger partial charge in [-0.15, -0.1) is 0 Å². The van der Waals surface area contributed by atoms with Gasteiger partial charge < -0.3 is 5.11 Å². The van der Waals surface area contributed by atoms with Crippen LogP contribution in [-0.2, 0) is 9.59 Å². The van der Waals surface area contributed by atoms with Crippen LogP contribution >= 0.6 is 27.5 Å². The number of carbonyl (C=O) groups excluding carboxylic acids is 2. The van der Waals surface area contributed by atoms with Gasteiger partial charge in [-0.3, -0.25) is 14.5 Å². The van der Waals surface area contributed by atoms with E-state index in [9.17, 15) is 14.7 Å². The van der Waals surface area contributed by atoms with Crippen LogP contribution in [0, 0.1) is 0 Å². The molecule has 1 saturated heterocycles. The lowest BCUT2D eigenvalue weighted by Crippen LogP contribution is -2.29. The zero-order chi connectivity index (χ0) is 20.5. The van der Waals surface area contributed by atoms with Gasteiger partial charge in [0.15, 0.2) is 0 Å². The summed E-state index contributed by atoms with van der Waals surface area (Å²) >= 11 is 9.44. The Morgan fingerprint density at radius 3 is 2.28 bits per heavy atom. The van der Waals surface area contributed by atoms with E-state index in [1.807, 2.05) is 12.1 Å². The van der Waals surface area contributed by atoms with E-state index in [1.165, 1.54) is 4.90 Å². The van der Waals surface area contributed by atoms with Crippen molar-refractivity contribution in [1.82, 2.24) is 0 Å². The van der Waals surface area contributed by atoms with Gasteiger partial charge in [-0.25, -0.2) is 0 Å². The minimum Gasteiger partial charge on any atom is -0.507 e. The van der Waals surface area contributed by atoms with Gasteiger partial charge in [0.25, 0.3) is 11.7 Å². The van der Waals surface area contributed by atoms with Crippen LogP contribution in [-0.4, -0.2) is 16.8 Å². The largest absolute Gasteiger partial charge is 0.507 e. The smallest absolute Gasteiger partial charge is 0.300 e. The van der Waals surface area contributed by atoms with Crippen LogP contribution in [0.25, 0.3) is 5.76 Å². The van der Waals surface area contributed by atoms with Crippen LogP contribution in [0.1, 0.15) is 17.2 Å². The normalized spacial score (nSPS) is 18.3. The summed E-state index contributed by atoms with van der Waals surface area (Å²) in [6.07, 6.45) is 0. The molecule has 1 amide bonds. The summed E-state index contributed by atoms with van der Waals surface area (Å²) in [5.74, 6) is -1.63. The summed E-state index contributed by atoms with van der Waals surface area (Å²) in [5.41, 5.74) is 1.74. The Morgan fingerprint density at radius 2 is 1.62 bits per heavy atom. The highest BCUT2D eigenvalue weighted by Gasteiger charge is 2.46. The summed E-state index contributed by atoms with van der Waals surface area (Å²) in [5, 5.41) is 11.5. The van der Waals surface area contributed by atoms with E-state index in [0.717, 1.165) is 4.47 Å². The number of aliphatic hydroxyl groups is 1. The summed E-state index contributed by atoms with van der Waals surface area (Å²) in [7, 11) is 0. The quantitative estimate of drug-likeness (QED) is 0.303. The van der Waals surface area contributed by atoms with Crippen LogP contribution in [0.2, 0.25) is 5.02 Å². The molecule has 0 unspecified atom stereocenters. The van der Waals surface area contributed by atoms with E-state index < -0.39 is 17.7 Å². The predicted octanol–water partition coefficient (Wildman–Crippen LogP) is 5.73. The first kappa shape index (κ1) is 19.4. The van der Waals surface area contributed by atoms with Gasteiger partial charge in [-0.2, -0.15) is 0 Å². The maximum Gasteiger partial charge on any atom is 0.300 e. The molecule has 0 radical (unpaired) electrons. The molecule has 29 heavy (non-hydrogen) atoms. The highest BCUT2D eigenvalue weighted by Crippen LogP contribution is 2.42. The molecule has 3 aromatic carbocycles. The molecule has 1 N–H and O–H groups in total. The molecule has 3 aromatic rings. The topological polar surface area (TPSA) is 57.6 Å². The Morgan fingerprint density at radius 1 is 0.931 bits per heavy atom. The standard InChI is InChI=1S/C23H15BrClNO3/c24-16-7-4-8-18(13-16)26-20(14-9-11-17(25)12-10-14)19(22(28)23(26)29)21(27)15-5-2-1-3-6-15/h1-13,20,27H/b21-19+/t20-/m1/s1. The minimum absolute atomic E-state index is 0.0449. The molecule has 1 heterocycles. The number of hydrogen-bond donors (Lipinski definition) is 1. The number of halogens is 2. The van der Waals surface area contributed by atoms with Crippen molar-refractivity contribution >= 4 is 50.7 Å². The number of anilines is 1. The third-order valence-corrected chi connectivity index (χ3v) is 5.51. The lowest BCUT2D eigenvalue weighted by Gasteiger charge is -2.25. The molecular formula is C23H15BrClNO3. The van der Waals surface area contributed by atoms with E-state index in [-0.39, 0.29) is 11.3 Å². The van der Waals surface area contributed by atoms with E-state index in [2.05, 4.69) is 15.9 Å². The molecule has 0 saturated carbocycles. The maximum absolute atomic E-state index is 13.0. The van der Waals surface area contributed by atoms with Gasteiger partial charge >= 0.3 is 0 Å². The number of hydrogen-bond acceptors (Lipinski definition) is 3. The van der Waals surface area contributed by atoms with Gasteiger partial charge in [0.1, 0.15) is 5.76 Å². The fourth-order valence-electron chi connectivity index (χ4n) is 3.44. The van der Waals surface area contributed by atoms with Crippen molar-refractivity contribution in [2.45, 2.75) is 6.04 Å². The fraction of sp³-hybridized carbons (Fsp3) is 0.0435. The van der Waals surface area contributed by atoms with Gasteiger partial charge in [0.05, 0.1) is 11.6 Å². The van der Waals surface area contributed by atoms with E-state index in [0.29, 0.717) is 21.8 Å². The number of nitrogens with zero attached hydrogens (tertiary/aromatic N) is 1. The molecule has 0 aromatic heterocycles. The lowest BCUT2D eigenvalue weighted by molar-refractivity contribution is -0.132. The molecule has 144 valence electrons. The number of carbonyl (C=O) groups is 2. The van der Waals surface area contributed by atoms with Crippen LogP contribution in [0.15, 0.2) is 88.9 Å². The van der Waals surface area contributed by atoms with Crippen molar-refractivity contribution in [3.63, 3.8) is 0 Å². The van der Waals surface area contributed by atoms with E-state index >= 15 is 0 Å². The van der Waals surface area contributed by atoms with Crippen molar-refractivity contribution in [2.75, 3.05) is 4.90 Å². The summed E-state index contributed by atoms with van der Waals surface area (Å²) in [6.45, 7) is 0. The molecule has 1 fully saturated rings. The van der Waals surface area contributed by atoms with Gasteiger partial charge in [-0.1, -0.05) is 76.1 Å². The maximum atomic E-state index is 13.0. The molecule has 4 nitrogen and oxygen atoms in total. The minimum atomic E-state index is -0.776. The van der Waals surface area contributed by atoms with Crippen molar-refractivity contribution in [2.24, 2.45) is 0 Å². The van der Waals surface area contributed by atoms with Crippen molar-refractivity contribution < 1.29 is 14.7 Å². The van der Waals surface area contributed by atoms with Gasteiger partial charge in [0.2, 0.25) is 0 Å². The Balaban J connectivity index is 1.96. The van der Waals surface area contributed by atoms with Crippen LogP contribution in [0.3, 0.4) is 0 Å². The van der Waals surface area contributed by atoms with Gasteiger partial charge in [0, 0.05) is 20.7 Å². The molecule has 0 bridgehead atoms. The average molecular weight is 469 g/mol. The second-order valence-electron chi connectivity index (χ2n) is 6.57. The number of aliphatic hydroxyl groups excluding tert-OH is 1. The zero-order valence-corrected chi connectivity index (χ0v) is 17.4. The summed E-state index contributed by atoms with van der Waals surface area (Å²) in [6, 6.07) is 22.0. The second kappa shape index (κ2) is 7.85. The molecule has 0 spiro atoms. The first-order chi connectivity index (χ1) is 14.0. The number of amides is 1. The Kier molecular flexibility index (Phi) is 5.26. The van der Waals surface area contributed by atoms with Crippen molar-refractivity contribution in [3.05, 3.63) is 105 Å². The van der Waals surface area contributed by atoms with E-state index in [4.69, 9.17) is 11.6 Å². The average Bonchev–Trinajstić information content (AvgIpc) is 2.99. The van der Waals surface area contributed by atoms with Crippen LogP contribution < -0.4 is 4.90 Å². The molecule has 1 atom stereocenters. The third kappa shape index (κ3) is 3.59. The number of benzene rings is 3. The highest BCUT2D eigenvalue weighted by atomic mass is 79.9. The van der Waals surface area contributed by atoms with Crippen molar-refractivity contribution in [1.29, 1.82) is 0 Å². The molecule has 1 aliphatic heterocycles. The second-order valence-corrected chi connectivity index (χ2v) is 7.92. The van der Waals surface area contributed by atoms with Gasteiger partial charge in [-0.05, 0) is 35.9 Å². The SMILES string of the molecule is O=C1C(=O)N(c2cccc(Br)c2)[C@H](c2ccc(Cl)cc2)/C1=C(\O)c1ccccc1. The number of ketones is 1. The third-order valence-electron chi connectivity index (χ3n) is 4.76. The van der Waals surface area contributed by atoms with Crippen LogP contribution in [0.5, 0.6) is 0 Å². The summed E-state index contributed by atoms with van der Waals surface area (Å²) in [4.78, 5) is 27.4. The first-order valence-electron chi connectivity index (χ1n) is 8.85.